The standard InChI is InChI=1S/C14H24N4O/c1-2-5-14-16-13(17-19-14)10-18-9-4-7-12(18)11-6-3-8-15-11/h11-12,15H,2-10H2,1H3. The van der Waals surface area contributed by atoms with Gasteiger partial charge in [0.05, 0.1) is 6.54 Å². The van der Waals surface area contributed by atoms with Crippen LogP contribution in [0.3, 0.4) is 0 Å². The van der Waals surface area contributed by atoms with Gasteiger partial charge in [-0.25, -0.2) is 0 Å². The van der Waals surface area contributed by atoms with Crippen molar-refractivity contribution in [2.24, 2.45) is 0 Å². The Morgan fingerprint density at radius 3 is 3.11 bits per heavy atom. The monoisotopic (exact) mass is 264 g/mol. The van der Waals surface area contributed by atoms with Gasteiger partial charge in [0.1, 0.15) is 0 Å². The van der Waals surface area contributed by atoms with Gasteiger partial charge in [-0.05, 0) is 45.2 Å². The lowest BCUT2D eigenvalue weighted by atomic mass is 10.0. The van der Waals surface area contributed by atoms with E-state index in [9.17, 15) is 0 Å². The van der Waals surface area contributed by atoms with Crippen molar-refractivity contribution in [3.63, 3.8) is 0 Å². The second-order valence-corrected chi connectivity index (χ2v) is 5.74. The van der Waals surface area contributed by atoms with Gasteiger partial charge in [-0.3, -0.25) is 4.90 Å². The highest BCUT2D eigenvalue weighted by Crippen LogP contribution is 2.25. The molecular formula is C14H24N4O. The molecule has 0 aromatic carbocycles. The second-order valence-electron chi connectivity index (χ2n) is 5.74. The minimum Gasteiger partial charge on any atom is -0.339 e. The van der Waals surface area contributed by atoms with Crippen LogP contribution in [0, 0.1) is 0 Å². The van der Waals surface area contributed by atoms with Crippen LogP contribution in [0.1, 0.15) is 50.7 Å². The Morgan fingerprint density at radius 1 is 1.37 bits per heavy atom. The lowest BCUT2D eigenvalue weighted by molar-refractivity contribution is 0.199. The Hall–Kier alpha value is -0.940. The van der Waals surface area contributed by atoms with E-state index in [1.54, 1.807) is 0 Å². The molecule has 1 aromatic rings. The summed E-state index contributed by atoms with van der Waals surface area (Å²) in [6.45, 7) is 5.32. The summed E-state index contributed by atoms with van der Waals surface area (Å²) < 4.78 is 5.27. The van der Waals surface area contributed by atoms with Crippen molar-refractivity contribution >= 4 is 0 Å². The average molecular weight is 264 g/mol. The molecule has 3 heterocycles. The number of hydrogen-bond donors (Lipinski definition) is 1. The maximum Gasteiger partial charge on any atom is 0.226 e. The Kier molecular flexibility index (Phi) is 4.13. The zero-order valence-electron chi connectivity index (χ0n) is 11.8. The summed E-state index contributed by atoms with van der Waals surface area (Å²) in [5.74, 6) is 1.64. The highest BCUT2D eigenvalue weighted by Gasteiger charge is 2.33. The van der Waals surface area contributed by atoms with Crippen LogP contribution >= 0.6 is 0 Å². The number of nitrogens with one attached hydrogen (secondary N) is 1. The molecule has 3 rings (SSSR count). The van der Waals surface area contributed by atoms with Gasteiger partial charge in [-0.1, -0.05) is 12.1 Å². The highest BCUT2D eigenvalue weighted by molar-refractivity contribution is 4.95. The molecule has 2 saturated heterocycles. The molecule has 2 atom stereocenters. The molecule has 106 valence electrons. The van der Waals surface area contributed by atoms with E-state index in [2.05, 4.69) is 27.3 Å². The fourth-order valence-electron chi connectivity index (χ4n) is 3.40. The minimum absolute atomic E-state index is 0.663. The van der Waals surface area contributed by atoms with E-state index in [1.165, 1.54) is 38.8 Å². The molecule has 1 aromatic heterocycles. The van der Waals surface area contributed by atoms with Crippen molar-refractivity contribution in [1.82, 2.24) is 20.4 Å². The molecule has 0 aliphatic carbocycles. The van der Waals surface area contributed by atoms with Gasteiger partial charge in [-0.15, -0.1) is 0 Å². The number of aryl methyl sites for hydroxylation is 1. The number of likely N-dealkylation sites (tertiary alicyclic amines) is 1. The Bertz CT molecular complexity index is 400. The number of nitrogens with zero attached hydrogens (tertiary/aromatic N) is 3. The third-order valence-electron chi connectivity index (χ3n) is 4.30. The first-order valence-electron chi connectivity index (χ1n) is 7.65. The van der Waals surface area contributed by atoms with Crippen LogP contribution in [-0.2, 0) is 13.0 Å². The molecule has 0 spiro atoms. The zero-order chi connectivity index (χ0) is 13.1. The molecule has 0 amide bonds. The largest absolute Gasteiger partial charge is 0.339 e. The van der Waals surface area contributed by atoms with E-state index in [1.807, 2.05) is 0 Å². The first-order valence-corrected chi connectivity index (χ1v) is 7.65. The molecule has 2 unspecified atom stereocenters. The maximum atomic E-state index is 5.27. The Morgan fingerprint density at radius 2 is 2.32 bits per heavy atom. The molecule has 1 N–H and O–H groups in total. The summed E-state index contributed by atoms with van der Waals surface area (Å²) in [6.07, 6.45) is 7.17. The third-order valence-corrected chi connectivity index (χ3v) is 4.30. The minimum atomic E-state index is 0.663. The van der Waals surface area contributed by atoms with E-state index >= 15 is 0 Å². The quantitative estimate of drug-likeness (QED) is 0.878. The molecule has 19 heavy (non-hydrogen) atoms. The van der Waals surface area contributed by atoms with Crippen LogP contribution < -0.4 is 5.32 Å². The molecule has 0 saturated carbocycles. The smallest absolute Gasteiger partial charge is 0.226 e. The summed E-state index contributed by atoms with van der Waals surface area (Å²) in [5.41, 5.74) is 0. The van der Waals surface area contributed by atoms with Crippen molar-refractivity contribution in [1.29, 1.82) is 0 Å². The summed E-state index contributed by atoms with van der Waals surface area (Å²) in [7, 11) is 0. The summed E-state index contributed by atoms with van der Waals surface area (Å²) in [4.78, 5) is 7.02. The van der Waals surface area contributed by atoms with E-state index in [-0.39, 0.29) is 0 Å². The Balaban J connectivity index is 1.60. The van der Waals surface area contributed by atoms with Gasteiger partial charge < -0.3 is 9.84 Å². The van der Waals surface area contributed by atoms with Crippen molar-refractivity contribution < 1.29 is 4.52 Å². The van der Waals surface area contributed by atoms with Crippen LogP contribution in [0.4, 0.5) is 0 Å². The normalized spacial score (nSPS) is 28.3. The van der Waals surface area contributed by atoms with Crippen LogP contribution in [0.25, 0.3) is 0 Å². The van der Waals surface area contributed by atoms with E-state index in [0.29, 0.717) is 12.1 Å². The Labute approximate surface area is 114 Å². The van der Waals surface area contributed by atoms with Gasteiger partial charge in [0.2, 0.25) is 5.89 Å². The molecule has 5 nitrogen and oxygen atoms in total. The van der Waals surface area contributed by atoms with Gasteiger partial charge in [-0.2, -0.15) is 4.98 Å². The van der Waals surface area contributed by atoms with Crippen molar-refractivity contribution in [2.45, 2.75) is 64.1 Å². The van der Waals surface area contributed by atoms with Crippen molar-refractivity contribution in [2.75, 3.05) is 13.1 Å². The van der Waals surface area contributed by atoms with Crippen molar-refractivity contribution in [3.05, 3.63) is 11.7 Å². The summed E-state index contributed by atoms with van der Waals surface area (Å²) in [5, 5.41) is 7.75. The van der Waals surface area contributed by atoms with Crippen LogP contribution in [0.2, 0.25) is 0 Å². The average Bonchev–Trinajstić information content (AvgIpc) is 3.11. The molecule has 2 aliphatic rings. The van der Waals surface area contributed by atoms with Crippen LogP contribution in [-0.4, -0.2) is 40.2 Å². The molecule has 2 aliphatic heterocycles. The van der Waals surface area contributed by atoms with Gasteiger partial charge in [0, 0.05) is 18.5 Å². The summed E-state index contributed by atoms with van der Waals surface area (Å²) >= 11 is 0. The fraction of sp³-hybridized carbons (Fsp3) is 0.857. The van der Waals surface area contributed by atoms with Crippen LogP contribution in [0.5, 0.6) is 0 Å². The molecule has 5 heteroatoms. The van der Waals surface area contributed by atoms with Gasteiger partial charge >= 0.3 is 0 Å². The predicted molar refractivity (Wildman–Crippen MR) is 72.7 cm³/mol. The topological polar surface area (TPSA) is 54.2 Å². The molecule has 0 bridgehead atoms. The van der Waals surface area contributed by atoms with E-state index < -0.39 is 0 Å². The van der Waals surface area contributed by atoms with E-state index in [4.69, 9.17) is 4.52 Å². The summed E-state index contributed by atoms with van der Waals surface area (Å²) in [6, 6.07) is 1.33. The first-order chi connectivity index (χ1) is 9.36. The maximum absolute atomic E-state index is 5.27. The highest BCUT2D eigenvalue weighted by atomic mass is 16.5. The number of aromatic nitrogens is 2. The van der Waals surface area contributed by atoms with Crippen molar-refractivity contribution in [3.8, 4) is 0 Å². The lowest BCUT2D eigenvalue weighted by Crippen LogP contribution is -2.43. The lowest BCUT2D eigenvalue weighted by Gasteiger charge is -2.28. The predicted octanol–water partition coefficient (Wildman–Crippen LogP) is 1.74. The number of hydrogen-bond acceptors (Lipinski definition) is 5. The first kappa shape index (κ1) is 13.1. The second kappa shape index (κ2) is 6.01. The third kappa shape index (κ3) is 2.98. The zero-order valence-corrected chi connectivity index (χ0v) is 11.8. The van der Waals surface area contributed by atoms with Gasteiger partial charge in [0.15, 0.2) is 5.82 Å². The molecule has 0 radical (unpaired) electrons. The van der Waals surface area contributed by atoms with Crippen LogP contribution in [0.15, 0.2) is 4.52 Å². The van der Waals surface area contributed by atoms with E-state index in [0.717, 1.165) is 31.1 Å². The fourth-order valence-corrected chi connectivity index (χ4v) is 3.40. The SMILES string of the molecule is CCCc1nc(CN2CCCC2C2CCCN2)no1. The number of rotatable bonds is 5. The molecule has 2 fully saturated rings. The molecular weight excluding hydrogens is 240 g/mol. The van der Waals surface area contributed by atoms with Gasteiger partial charge in [0.25, 0.3) is 0 Å².